The summed E-state index contributed by atoms with van der Waals surface area (Å²) < 4.78 is 5.98. The number of halogens is 1. The van der Waals surface area contributed by atoms with Crippen LogP contribution >= 0.6 is 11.6 Å². The third-order valence-electron chi connectivity index (χ3n) is 5.88. The standard InChI is InChI=1S/C28H23ClN4O2/c29-23-9-5-10-24(35-18-22-8-3-4-17-30-22)25(23)27-31-26(32-28(34)33-27)21-15-13-20(14-16-21)12-11-19-6-1-2-7-19/h3-5,8-10,13-17,19H,1-2,6-7,18H2,(H,31,32,33,34). The number of aromatic nitrogens is 4. The first-order valence-electron chi connectivity index (χ1n) is 11.6. The van der Waals surface area contributed by atoms with E-state index in [9.17, 15) is 4.79 Å². The van der Waals surface area contributed by atoms with Crippen LogP contribution in [0.1, 0.15) is 36.9 Å². The Kier molecular flexibility index (Phi) is 6.87. The molecule has 0 amide bonds. The predicted octanol–water partition coefficient (Wildman–Crippen LogP) is 5.67. The summed E-state index contributed by atoms with van der Waals surface area (Å²) >= 11 is 6.51. The van der Waals surface area contributed by atoms with E-state index in [1.54, 1.807) is 24.4 Å². The van der Waals surface area contributed by atoms with Crippen LogP contribution in [0.5, 0.6) is 5.75 Å². The molecular weight excluding hydrogens is 460 g/mol. The lowest BCUT2D eigenvalue weighted by molar-refractivity contribution is 0.302. The van der Waals surface area contributed by atoms with Crippen LogP contribution < -0.4 is 10.4 Å². The zero-order chi connectivity index (χ0) is 24.0. The highest BCUT2D eigenvalue weighted by atomic mass is 35.5. The highest BCUT2D eigenvalue weighted by Gasteiger charge is 2.16. The summed E-state index contributed by atoms with van der Waals surface area (Å²) in [4.78, 5) is 28.1. The molecule has 7 heteroatoms. The Morgan fingerprint density at radius 2 is 1.83 bits per heavy atom. The highest BCUT2D eigenvalue weighted by Crippen LogP contribution is 2.35. The molecule has 0 radical (unpaired) electrons. The molecule has 2 aromatic heterocycles. The molecule has 6 nitrogen and oxygen atoms in total. The molecular formula is C28H23ClN4O2. The largest absolute Gasteiger partial charge is 0.486 e. The number of pyridine rings is 1. The van der Waals surface area contributed by atoms with Gasteiger partial charge >= 0.3 is 5.69 Å². The zero-order valence-corrected chi connectivity index (χ0v) is 19.8. The Morgan fingerprint density at radius 1 is 1.00 bits per heavy atom. The van der Waals surface area contributed by atoms with Gasteiger partial charge in [0.1, 0.15) is 18.2 Å². The van der Waals surface area contributed by atoms with Gasteiger partial charge in [0.05, 0.1) is 16.3 Å². The van der Waals surface area contributed by atoms with Gasteiger partial charge in [0.25, 0.3) is 0 Å². The molecule has 1 fully saturated rings. The van der Waals surface area contributed by atoms with Crippen molar-refractivity contribution in [2.45, 2.75) is 32.3 Å². The molecule has 1 saturated carbocycles. The molecule has 1 N–H and O–H groups in total. The first-order chi connectivity index (χ1) is 17.2. The van der Waals surface area contributed by atoms with E-state index in [0.717, 1.165) is 11.3 Å². The molecule has 0 unspecified atom stereocenters. The Bertz CT molecular complexity index is 1430. The number of hydrogen-bond acceptors (Lipinski definition) is 5. The monoisotopic (exact) mass is 482 g/mol. The van der Waals surface area contributed by atoms with Crippen LogP contribution in [-0.2, 0) is 6.61 Å². The van der Waals surface area contributed by atoms with E-state index in [1.807, 2.05) is 42.5 Å². The van der Waals surface area contributed by atoms with E-state index in [0.29, 0.717) is 33.6 Å². The van der Waals surface area contributed by atoms with Crippen molar-refractivity contribution in [3.63, 3.8) is 0 Å². The van der Waals surface area contributed by atoms with Crippen LogP contribution in [0, 0.1) is 17.8 Å². The summed E-state index contributed by atoms with van der Waals surface area (Å²) in [5.41, 5.74) is 2.39. The summed E-state index contributed by atoms with van der Waals surface area (Å²) in [7, 11) is 0. The Hall–Kier alpha value is -3.95. The number of benzene rings is 2. The smallest absolute Gasteiger partial charge is 0.348 e. The fraction of sp³-hybridized carbons (Fsp3) is 0.214. The number of H-pyrrole nitrogens is 1. The van der Waals surface area contributed by atoms with Gasteiger partial charge < -0.3 is 4.74 Å². The fourth-order valence-electron chi connectivity index (χ4n) is 4.08. The molecule has 174 valence electrons. The molecule has 0 bridgehead atoms. The van der Waals surface area contributed by atoms with E-state index in [1.165, 1.54) is 25.7 Å². The van der Waals surface area contributed by atoms with Gasteiger partial charge in [0.15, 0.2) is 5.82 Å². The number of nitrogens with one attached hydrogen (secondary N) is 1. The van der Waals surface area contributed by atoms with Gasteiger partial charge in [-0.1, -0.05) is 48.4 Å². The van der Waals surface area contributed by atoms with E-state index in [2.05, 4.69) is 31.8 Å². The van der Waals surface area contributed by atoms with Crippen LogP contribution in [0.2, 0.25) is 5.02 Å². The van der Waals surface area contributed by atoms with Crippen LogP contribution in [0.15, 0.2) is 71.7 Å². The van der Waals surface area contributed by atoms with Gasteiger partial charge in [-0.05, 0) is 61.4 Å². The van der Waals surface area contributed by atoms with Gasteiger partial charge in [0, 0.05) is 23.2 Å². The Morgan fingerprint density at radius 3 is 2.60 bits per heavy atom. The number of hydrogen-bond donors (Lipinski definition) is 1. The van der Waals surface area contributed by atoms with E-state index in [4.69, 9.17) is 16.3 Å². The third-order valence-corrected chi connectivity index (χ3v) is 6.20. The van der Waals surface area contributed by atoms with Crippen molar-refractivity contribution in [1.29, 1.82) is 0 Å². The first kappa shape index (κ1) is 22.8. The average molecular weight is 483 g/mol. The maximum absolute atomic E-state index is 12.5. The van der Waals surface area contributed by atoms with E-state index >= 15 is 0 Å². The van der Waals surface area contributed by atoms with E-state index < -0.39 is 5.69 Å². The molecule has 0 spiro atoms. The molecule has 0 saturated heterocycles. The summed E-state index contributed by atoms with van der Waals surface area (Å²) in [5, 5.41) is 0.404. The van der Waals surface area contributed by atoms with Crippen molar-refractivity contribution in [1.82, 2.24) is 19.9 Å². The van der Waals surface area contributed by atoms with Crippen LogP contribution in [-0.4, -0.2) is 19.9 Å². The van der Waals surface area contributed by atoms with Crippen molar-refractivity contribution >= 4 is 11.6 Å². The molecule has 5 rings (SSSR count). The van der Waals surface area contributed by atoms with Crippen molar-refractivity contribution in [3.05, 3.63) is 93.6 Å². The van der Waals surface area contributed by atoms with Gasteiger partial charge in [-0.2, -0.15) is 4.98 Å². The summed E-state index contributed by atoms with van der Waals surface area (Å²) in [6.07, 6.45) is 6.61. The van der Waals surface area contributed by atoms with E-state index in [-0.39, 0.29) is 12.4 Å². The minimum atomic E-state index is -0.523. The maximum atomic E-state index is 12.5. The van der Waals surface area contributed by atoms with Crippen molar-refractivity contribution in [2.75, 3.05) is 0 Å². The second-order valence-corrected chi connectivity index (χ2v) is 8.78. The van der Waals surface area contributed by atoms with Crippen LogP contribution in [0.4, 0.5) is 0 Å². The van der Waals surface area contributed by atoms with Gasteiger partial charge in [0.2, 0.25) is 0 Å². The maximum Gasteiger partial charge on any atom is 0.348 e. The second-order valence-electron chi connectivity index (χ2n) is 8.38. The number of aromatic amines is 1. The molecule has 4 aromatic rings. The molecule has 2 heterocycles. The SMILES string of the molecule is O=c1nc(-c2ccc(C#CC3CCCC3)cc2)nc(-c2c(Cl)cccc2OCc2ccccn2)[nH]1. The predicted molar refractivity (Wildman–Crippen MR) is 136 cm³/mol. The molecule has 2 aromatic carbocycles. The summed E-state index contributed by atoms with van der Waals surface area (Å²) in [5.74, 6) is 8.19. The first-order valence-corrected chi connectivity index (χ1v) is 12.0. The Labute approximate surface area is 208 Å². The average Bonchev–Trinajstić information content (AvgIpc) is 3.41. The lowest BCUT2D eigenvalue weighted by Gasteiger charge is -2.13. The topological polar surface area (TPSA) is 80.8 Å². The molecule has 0 atom stereocenters. The molecule has 1 aliphatic rings. The molecule has 1 aliphatic carbocycles. The minimum Gasteiger partial charge on any atom is -0.486 e. The number of rotatable bonds is 5. The minimum absolute atomic E-state index is 0.250. The zero-order valence-electron chi connectivity index (χ0n) is 19.0. The summed E-state index contributed by atoms with van der Waals surface area (Å²) in [6, 6.07) is 18.5. The lowest BCUT2D eigenvalue weighted by atomic mass is 10.1. The van der Waals surface area contributed by atoms with Crippen molar-refractivity contribution in [3.8, 4) is 40.4 Å². The quantitative estimate of drug-likeness (QED) is 0.371. The lowest BCUT2D eigenvalue weighted by Crippen LogP contribution is -2.15. The second kappa shape index (κ2) is 10.5. The van der Waals surface area contributed by atoms with Gasteiger partial charge in [-0.25, -0.2) is 9.78 Å². The molecule has 0 aliphatic heterocycles. The fourth-order valence-corrected chi connectivity index (χ4v) is 4.33. The summed E-state index contributed by atoms with van der Waals surface area (Å²) in [6.45, 7) is 0.250. The normalized spacial score (nSPS) is 13.3. The van der Waals surface area contributed by atoms with Gasteiger partial charge in [-0.3, -0.25) is 9.97 Å². The number of nitrogens with zero attached hydrogens (tertiary/aromatic N) is 3. The third kappa shape index (κ3) is 5.59. The van der Waals surface area contributed by atoms with Crippen LogP contribution in [0.25, 0.3) is 22.8 Å². The highest BCUT2D eigenvalue weighted by molar-refractivity contribution is 6.33. The Balaban J connectivity index is 1.43. The number of ether oxygens (including phenoxy) is 1. The van der Waals surface area contributed by atoms with Crippen molar-refractivity contribution < 1.29 is 4.74 Å². The van der Waals surface area contributed by atoms with Crippen LogP contribution in [0.3, 0.4) is 0 Å². The van der Waals surface area contributed by atoms with Gasteiger partial charge in [-0.15, -0.1) is 0 Å². The molecule has 35 heavy (non-hydrogen) atoms. The van der Waals surface area contributed by atoms with Crippen molar-refractivity contribution in [2.24, 2.45) is 5.92 Å².